The number of rotatable bonds is 18. The zero-order valence-corrected chi connectivity index (χ0v) is 64.6. The molecule has 0 aromatic carbocycles. The number of hydrogen-bond donors (Lipinski definition) is 0. The zero-order valence-electron chi connectivity index (χ0n) is 48.8. The van der Waals surface area contributed by atoms with Gasteiger partial charge in [-0.25, -0.2) is 15.0 Å². The molecule has 0 spiro atoms. The first-order valence-electron chi connectivity index (χ1n) is 27.9. The molecule has 0 saturated heterocycles. The second-order valence-electron chi connectivity index (χ2n) is 24.5. The van der Waals surface area contributed by atoms with Crippen LogP contribution in [0.1, 0.15) is 0 Å². The molecule has 0 fully saturated rings. The van der Waals surface area contributed by atoms with Crippen LogP contribution >= 0.6 is 136 Å². The number of nitrogens with zero attached hydrogens (tertiary/aromatic N) is 3. The highest BCUT2D eigenvalue weighted by Gasteiger charge is 2.48. The maximum absolute atomic E-state index is 5.38. The number of hydrogen-bond acceptors (Lipinski definition) is 15. The Kier molecular flexibility index (Phi) is 16.3. The summed E-state index contributed by atoms with van der Waals surface area (Å²) in [4.78, 5) is 35.5. The van der Waals surface area contributed by atoms with Crippen LogP contribution in [0.5, 0.6) is 0 Å². The molecule has 0 saturated carbocycles. The van der Waals surface area contributed by atoms with Gasteiger partial charge < -0.3 is 0 Å². The summed E-state index contributed by atoms with van der Waals surface area (Å²) in [7, 11) is -10.9. The van der Waals surface area contributed by atoms with Crippen molar-refractivity contribution in [1.29, 1.82) is 0 Å². The van der Waals surface area contributed by atoms with Gasteiger partial charge in [-0.15, -0.1) is 136 Å². The van der Waals surface area contributed by atoms with Crippen LogP contribution in [0, 0.1) is 0 Å². The third-order valence-corrected chi connectivity index (χ3v) is 95.6. The summed E-state index contributed by atoms with van der Waals surface area (Å²) >= 11 is 23.1. The molecule has 84 heavy (non-hydrogen) atoms. The zero-order chi connectivity index (χ0) is 58.6. The van der Waals surface area contributed by atoms with E-state index < -0.39 is 45.5 Å². The lowest BCUT2D eigenvalue weighted by atomic mass is 10.3. The molecular weight excluding hydrogens is 1350 g/mol. The van der Waals surface area contributed by atoms with Crippen molar-refractivity contribution < 1.29 is 0 Å². The van der Waals surface area contributed by atoms with Gasteiger partial charge in [0.1, 0.15) is 0 Å². The van der Waals surface area contributed by atoms with Gasteiger partial charge in [0.25, 0.3) is 0 Å². The predicted octanol–water partition coefficient (Wildman–Crippen LogP) is 20.4. The second-order valence-corrected chi connectivity index (χ2v) is 84.5. The van der Waals surface area contributed by atoms with E-state index in [2.05, 4.69) is 240 Å². The summed E-state index contributed by atoms with van der Waals surface area (Å²) in [5, 5.41) is 6.57. The fraction of sp³-hybridized carbons (Fsp3) is 0.190. The molecule has 13 heterocycles. The van der Waals surface area contributed by atoms with Gasteiger partial charge in [-0.1, -0.05) is 133 Å². The van der Waals surface area contributed by atoms with E-state index in [-0.39, 0.29) is 0 Å². The Morgan fingerprint density at radius 2 is 0.381 bits per heavy atom. The highest BCUT2D eigenvalue weighted by molar-refractivity contribution is 7.61. The van der Waals surface area contributed by atoms with Crippen molar-refractivity contribution in [3.63, 3.8) is 0 Å². The van der Waals surface area contributed by atoms with Crippen LogP contribution in [0.15, 0.2) is 162 Å². The SMILES string of the molecule is C[Si](C)(c1ccc(-c2cccs2)s1)[Si](C)(C)c1ccc(-c2ccc(-c3nc(-c4ccc(-c5ccc([Si](C)(C)[Si](C)(C)c6ccc(-c7cccs7)s6)s5)s4)nc(-c4ccc(-c5ccc([Si](C)(C)[Si](C)(C)c6ccc(-c7cccs7)s6)s5)s4)n3)s2)s1. The van der Waals surface area contributed by atoms with Gasteiger partial charge in [0.05, 0.1) is 60.2 Å². The molecule has 0 N–H and O–H groups in total. The lowest BCUT2D eigenvalue weighted by Gasteiger charge is -2.36. The molecule has 0 radical (unpaired) electrons. The van der Waals surface area contributed by atoms with E-state index in [0.29, 0.717) is 0 Å². The van der Waals surface area contributed by atoms with E-state index in [4.69, 9.17) is 15.0 Å². The van der Waals surface area contributed by atoms with Gasteiger partial charge in [0.2, 0.25) is 0 Å². The van der Waals surface area contributed by atoms with Gasteiger partial charge in [0, 0.05) is 58.5 Å². The van der Waals surface area contributed by atoms with Gasteiger partial charge in [-0.2, -0.15) is 0 Å². The van der Waals surface area contributed by atoms with E-state index in [1.807, 2.05) is 102 Å². The van der Waals surface area contributed by atoms with E-state index >= 15 is 0 Å². The molecule has 0 unspecified atom stereocenters. The third-order valence-electron chi connectivity index (χ3n) is 18.2. The summed E-state index contributed by atoms with van der Waals surface area (Å²) in [6.07, 6.45) is 0. The van der Waals surface area contributed by atoms with E-state index in [9.17, 15) is 0 Å². The Balaban J connectivity index is 0.812. The maximum Gasteiger partial charge on any atom is 0.174 e. The van der Waals surface area contributed by atoms with Crippen molar-refractivity contribution in [2.24, 2.45) is 0 Å². The lowest BCUT2D eigenvalue weighted by Crippen LogP contribution is -2.67. The molecule has 0 bridgehead atoms. The number of thiophene rings is 12. The van der Waals surface area contributed by atoms with Crippen LogP contribution in [0.4, 0.5) is 0 Å². The quantitative estimate of drug-likeness (QED) is 0.0804. The van der Waals surface area contributed by atoms with Crippen LogP contribution in [0.2, 0.25) is 78.6 Å². The predicted molar refractivity (Wildman–Crippen MR) is 405 cm³/mol. The molecule has 0 aliphatic rings. The summed E-state index contributed by atoms with van der Waals surface area (Å²) in [6.45, 7) is 31.4. The minimum absolute atomic E-state index is 0.735. The smallest absolute Gasteiger partial charge is 0.174 e. The fourth-order valence-electron chi connectivity index (χ4n) is 10.4. The first-order valence-corrected chi connectivity index (χ1v) is 58.9. The summed E-state index contributed by atoms with van der Waals surface area (Å²) < 4.78 is 9.60. The average Bonchev–Trinajstić information content (AvgIpc) is 3.10. The molecule has 0 aliphatic carbocycles. The van der Waals surface area contributed by atoms with Crippen LogP contribution in [-0.2, 0) is 0 Å². The summed E-state index contributed by atoms with van der Waals surface area (Å²) in [5.41, 5.74) is 0. The second kappa shape index (κ2) is 22.9. The van der Waals surface area contributed by atoms with Gasteiger partial charge >= 0.3 is 0 Å². The first kappa shape index (κ1) is 59.7. The van der Waals surface area contributed by atoms with Crippen LogP contribution < -0.4 is 27.0 Å². The summed E-state index contributed by atoms with van der Waals surface area (Å²) in [6, 6.07) is 55.8. The number of aromatic nitrogens is 3. The molecule has 426 valence electrons. The molecular formula is C63H63N3S12Si6. The Labute approximate surface area is 547 Å². The van der Waals surface area contributed by atoms with Gasteiger partial charge in [-0.3, -0.25) is 0 Å². The maximum atomic E-state index is 5.38. The Morgan fingerprint density at radius 1 is 0.202 bits per heavy atom. The van der Waals surface area contributed by atoms with Gasteiger partial charge in [-0.05, 0) is 134 Å². The van der Waals surface area contributed by atoms with E-state index in [0.717, 1.165) is 32.1 Å². The molecule has 13 rings (SSSR count). The molecule has 13 aromatic rings. The Bertz CT molecular complexity index is 3970. The van der Waals surface area contributed by atoms with E-state index in [1.54, 1.807) is 61.0 Å². The van der Waals surface area contributed by atoms with Crippen molar-refractivity contribution in [3.05, 3.63) is 162 Å². The van der Waals surface area contributed by atoms with Gasteiger partial charge in [0.15, 0.2) is 17.5 Å². The highest BCUT2D eigenvalue weighted by atomic mass is 32.1. The Morgan fingerprint density at radius 3 is 0.583 bits per heavy atom. The molecule has 21 heteroatoms. The van der Waals surface area contributed by atoms with Crippen LogP contribution in [0.3, 0.4) is 0 Å². The van der Waals surface area contributed by atoms with Crippen molar-refractivity contribution in [1.82, 2.24) is 15.0 Å². The molecule has 0 atom stereocenters. The van der Waals surface area contributed by atoms with Crippen LogP contribution in [0.25, 0.3) is 90.6 Å². The lowest BCUT2D eigenvalue weighted by molar-refractivity contribution is 1.09. The third kappa shape index (κ3) is 10.8. The minimum Gasteiger partial charge on any atom is -0.206 e. The molecule has 0 amide bonds. The first-order chi connectivity index (χ1) is 40.1. The fourth-order valence-corrected chi connectivity index (χ4v) is 64.5. The Hall–Kier alpha value is -3.29. The van der Waals surface area contributed by atoms with Crippen molar-refractivity contribution in [2.75, 3.05) is 0 Å². The topological polar surface area (TPSA) is 38.7 Å². The molecule has 3 nitrogen and oxygen atoms in total. The molecule has 0 aliphatic heterocycles. The highest BCUT2D eigenvalue weighted by Crippen LogP contribution is 2.43. The van der Waals surface area contributed by atoms with Crippen molar-refractivity contribution in [3.8, 4) is 90.6 Å². The standard InChI is InChI=1S/C63H63N3S12Si6/c1-79(2,55-31-25-43(73-55)40-16-13-37-67-40)82(7,8)58-34-28-49(76-58)46-19-22-52(70-46)61-64-62(53-23-20-47(71-53)50-29-35-59(77-50)83(9,10)80(3,4)56-32-26-44(74-56)41-17-14-38-68-41)66-63(65-61)54-24-21-48(72-54)51-30-36-60(78-51)84(11,12)81(5,6)57-33-27-45(75-57)42-18-15-39-69-42/h13-39H,1-12H3. The minimum atomic E-state index is -1.85. The van der Waals surface area contributed by atoms with Crippen molar-refractivity contribution in [2.45, 2.75) is 78.6 Å². The summed E-state index contributed by atoms with van der Waals surface area (Å²) in [5.74, 6) is 2.20. The molecule has 13 aromatic heterocycles. The largest absolute Gasteiger partial charge is 0.206 e. The van der Waals surface area contributed by atoms with Crippen LogP contribution in [-0.4, -0.2) is 60.5 Å². The average molecular weight is 1420 g/mol. The normalized spacial score (nSPS) is 13.0. The monoisotopic (exact) mass is 1410 g/mol. The van der Waals surface area contributed by atoms with E-state index in [1.165, 1.54) is 58.5 Å². The van der Waals surface area contributed by atoms with Crippen molar-refractivity contribution >= 4 is 209 Å².